The molecule has 0 aromatic heterocycles. The molecule has 2 fully saturated rings. The molecule has 0 aliphatic carbocycles. The second kappa shape index (κ2) is 5.04. The summed E-state index contributed by atoms with van der Waals surface area (Å²) in [7, 11) is 2.12. The van der Waals surface area contributed by atoms with Crippen LogP contribution < -0.4 is 5.32 Å². The first-order valence-electron chi connectivity index (χ1n) is 6.33. The van der Waals surface area contributed by atoms with Gasteiger partial charge in [-0.1, -0.05) is 0 Å². The topological polar surface area (TPSA) is 52.7 Å². The highest BCUT2D eigenvalue weighted by atomic mass is 16.2. The van der Waals surface area contributed by atoms with E-state index < -0.39 is 0 Å². The minimum absolute atomic E-state index is 0.0301. The molecule has 2 rings (SSSR count). The molecule has 2 aliphatic rings. The van der Waals surface area contributed by atoms with Crippen molar-refractivity contribution >= 4 is 11.8 Å². The molecule has 0 bridgehead atoms. The number of rotatable bonds is 2. The molecule has 1 N–H and O–H groups in total. The summed E-state index contributed by atoms with van der Waals surface area (Å²) >= 11 is 0. The van der Waals surface area contributed by atoms with Gasteiger partial charge in [-0.05, 0) is 45.8 Å². The van der Waals surface area contributed by atoms with Gasteiger partial charge in [0, 0.05) is 6.54 Å². The summed E-state index contributed by atoms with van der Waals surface area (Å²) in [5, 5.41) is 2.62. The zero-order chi connectivity index (χ0) is 12.4. The van der Waals surface area contributed by atoms with Crippen LogP contribution in [0, 0.1) is 5.92 Å². The van der Waals surface area contributed by atoms with E-state index in [-0.39, 0.29) is 24.4 Å². The van der Waals surface area contributed by atoms with Gasteiger partial charge in [-0.2, -0.15) is 0 Å². The highest BCUT2D eigenvalue weighted by molar-refractivity contribution is 5.94. The van der Waals surface area contributed by atoms with E-state index >= 15 is 0 Å². The lowest BCUT2D eigenvalue weighted by Crippen LogP contribution is -2.58. The van der Waals surface area contributed by atoms with Crippen LogP contribution in [0.3, 0.4) is 0 Å². The van der Waals surface area contributed by atoms with Gasteiger partial charge in [0.05, 0.1) is 6.54 Å². The van der Waals surface area contributed by atoms with Crippen LogP contribution in [-0.4, -0.2) is 60.9 Å². The number of piperazine rings is 1. The van der Waals surface area contributed by atoms with E-state index in [0.717, 1.165) is 32.5 Å². The van der Waals surface area contributed by atoms with Crippen molar-refractivity contribution in [3.8, 4) is 0 Å². The quantitative estimate of drug-likeness (QED) is 0.718. The Bertz CT molecular complexity index is 311. The third-order valence-electron chi connectivity index (χ3n) is 3.87. The lowest BCUT2D eigenvalue weighted by Gasteiger charge is -2.37. The zero-order valence-corrected chi connectivity index (χ0v) is 10.6. The van der Waals surface area contributed by atoms with Crippen LogP contribution in [0.25, 0.3) is 0 Å². The molecule has 2 amide bonds. The maximum atomic E-state index is 11.8. The number of piperidine rings is 1. The minimum Gasteiger partial charge on any atom is -0.345 e. The molecule has 1 unspecified atom stereocenters. The number of nitrogens with zero attached hydrogens (tertiary/aromatic N) is 2. The van der Waals surface area contributed by atoms with E-state index in [9.17, 15) is 9.59 Å². The van der Waals surface area contributed by atoms with Crippen LogP contribution in [0.4, 0.5) is 0 Å². The van der Waals surface area contributed by atoms with Crippen molar-refractivity contribution < 1.29 is 9.59 Å². The van der Waals surface area contributed by atoms with Crippen LogP contribution in [0.5, 0.6) is 0 Å². The minimum atomic E-state index is -0.309. The van der Waals surface area contributed by atoms with Gasteiger partial charge in [-0.15, -0.1) is 0 Å². The van der Waals surface area contributed by atoms with E-state index in [2.05, 4.69) is 17.3 Å². The SMILES string of the molecule is CC1C(=O)NCC(=O)N1CC1CCN(C)CC1. The highest BCUT2D eigenvalue weighted by Crippen LogP contribution is 2.19. The predicted octanol–water partition coefficient (Wildman–Crippen LogP) is -0.325. The Morgan fingerprint density at radius 2 is 1.94 bits per heavy atom. The molecular formula is C12H21N3O2. The molecule has 0 radical (unpaired) electrons. The Hall–Kier alpha value is -1.10. The third-order valence-corrected chi connectivity index (χ3v) is 3.87. The van der Waals surface area contributed by atoms with Gasteiger partial charge in [0.1, 0.15) is 6.04 Å². The summed E-state index contributed by atoms with van der Waals surface area (Å²) in [6.45, 7) is 4.89. The number of nitrogens with one attached hydrogen (secondary N) is 1. The number of amides is 2. The van der Waals surface area contributed by atoms with Gasteiger partial charge in [-0.3, -0.25) is 9.59 Å². The first kappa shape index (κ1) is 12.4. The highest BCUT2D eigenvalue weighted by Gasteiger charge is 2.32. The largest absolute Gasteiger partial charge is 0.345 e. The zero-order valence-electron chi connectivity index (χ0n) is 10.6. The van der Waals surface area contributed by atoms with Crippen molar-refractivity contribution in [2.24, 2.45) is 5.92 Å². The molecule has 2 heterocycles. The molecule has 2 aliphatic heterocycles. The second-order valence-corrected chi connectivity index (χ2v) is 5.19. The first-order valence-corrected chi connectivity index (χ1v) is 6.33. The molecule has 0 aromatic rings. The van der Waals surface area contributed by atoms with E-state index in [1.807, 2.05) is 0 Å². The van der Waals surface area contributed by atoms with Crippen LogP contribution in [0.15, 0.2) is 0 Å². The summed E-state index contributed by atoms with van der Waals surface area (Å²) in [4.78, 5) is 27.4. The van der Waals surface area contributed by atoms with Gasteiger partial charge in [0.25, 0.3) is 0 Å². The lowest BCUT2D eigenvalue weighted by atomic mass is 9.95. The van der Waals surface area contributed by atoms with Crippen molar-refractivity contribution in [1.29, 1.82) is 0 Å². The van der Waals surface area contributed by atoms with Crippen molar-refractivity contribution in [2.45, 2.75) is 25.8 Å². The van der Waals surface area contributed by atoms with Gasteiger partial charge in [0.2, 0.25) is 11.8 Å². The molecule has 5 nitrogen and oxygen atoms in total. The number of carbonyl (C=O) groups excluding carboxylic acids is 2. The van der Waals surface area contributed by atoms with Crippen LogP contribution in [-0.2, 0) is 9.59 Å². The molecular weight excluding hydrogens is 218 g/mol. The van der Waals surface area contributed by atoms with E-state index in [1.54, 1.807) is 11.8 Å². The Morgan fingerprint density at radius 1 is 1.29 bits per heavy atom. The average molecular weight is 239 g/mol. The van der Waals surface area contributed by atoms with Gasteiger partial charge >= 0.3 is 0 Å². The second-order valence-electron chi connectivity index (χ2n) is 5.19. The number of carbonyl (C=O) groups is 2. The fourth-order valence-electron chi connectivity index (χ4n) is 2.55. The maximum Gasteiger partial charge on any atom is 0.242 e. The van der Waals surface area contributed by atoms with Gasteiger partial charge in [0.15, 0.2) is 0 Å². The van der Waals surface area contributed by atoms with Crippen LogP contribution in [0.1, 0.15) is 19.8 Å². The molecule has 5 heteroatoms. The Balaban J connectivity index is 1.92. The van der Waals surface area contributed by atoms with Crippen LogP contribution in [0.2, 0.25) is 0 Å². The first-order chi connectivity index (χ1) is 8.08. The maximum absolute atomic E-state index is 11.8. The molecule has 96 valence electrons. The van der Waals surface area contributed by atoms with E-state index in [0.29, 0.717) is 5.92 Å². The monoisotopic (exact) mass is 239 g/mol. The fourth-order valence-corrected chi connectivity index (χ4v) is 2.55. The average Bonchev–Trinajstić information content (AvgIpc) is 2.32. The predicted molar refractivity (Wildman–Crippen MR) is 64.4 cm³/mol. The molecule has 2 saturated heterocycles. The molecule has 0 aromatic carbocycles. The molecule has 0 saturated carbocycles. The Morgan fingerprint density at radius 3 is 2.59 bits per heavy atom. The van der Waals surface area contributed by atoms with Gasteiger partial charge in [-0.25, -0.2) is 0 Å². The fraction of sp³-hybridized carbons (Fsp3) is 0.833. The third kappa shape index (κ3) is 2.77. The summed E-state index contributed by atoms with van der Waals surface area (Å²) in [6.07, 6.45) is 2.24. The molecule has 0 spiro atoms. The lowest BCUT2D eigenvalue weighted by molar-refractivity contribution is -0.145. The van der Waals surface area contributed by atoms with E-state index in [1.165, 1.54) is 0 Å². The van der Waals surface area contributed by atoms with Gasteiger partial charge < -0.3 is 15.1 Å². The summed E-state index contributed by atoms with van der Waals surface area (Å²) in [5.41, 5.74) is 0. The summed E-state index contributed by atoms with van der Waals surface area (Å²) in [6, 6.07) is -0.309. The smallest absolute Gasteiger partial charge is 0.242 e. The summed E-state index contributed by atoms with van der Waals surface area (Å²) in [5.74, 6) is 0.567. The van der Waals surface area contributed by atoms with Crippen molar-refractivity contribution in [2.75, 3.05) is 33.2 Å². The molecule has 1 atom stereocenters. The Labute approximate surface area is 102 Å². The normalized spacial score (nSPS) is 28.4. The van der Waals surface area contributed by atoms with Crippen molar-refractivity contribution in [1.82, 2.24) is 15.1 Å². The summed E-state index contributed by atoms with van der Waals surface area (Å²) < 4.78 is 0. The number of hydrogen-bond donors (Lipinski definition) is 1. The number of hydrogen-bond acceptors (Lipinski definition) is 3. The van der Waals surface area contributed by atoms with Crippen molar-refractivity contribution in [3.05, 3.63) is 0 Å². The van der Waals surface area contributed by atoms with E-state index in [4.69, 9.17) is 0 Å². The molecule has 17 heavy (non-hydrogen) atoms. The standard InChI is InChI=1S/C12H21N3O2/c1-9-12(17)13-7-11(16)15(9)8-10-3-5-14(2)6-4-10/h9-10H,3-8H2,1-2H3,(H,13,17). The Kier molecular flexibility index (Phi) is 3.66. The van der Waals surface area contributed by atoms with Crippen molar-refractivity contribution in [3.63, 3.8) is 0 Å². The number of likely N-dealkylation sites (tertiary alicyclic amines) is 1. The van der Waals surface area contributed by atoms with Crippen LogP contribution >= 0.6 is 0 Å².